The predicted molar refractivity (Wildman–Crippen MR) is 86.4 cm³/mol. The van der Waals surface area contributed by atoms with Gasteiger partial charge in [-0.2, -0.15) is 0 Å². The molecule has 2 saturated carbocycles. The van der Waals surface area contributed by atoms with Crippen molar-refractivity contribution in [2.24, 2.45) is 17.3 Å². The topological polar surface area (TPSA) is 40.5 Å². The van der Waals surface area contributed by atoms with Crippen molar-refractivity contribution in [2.75, 3.05) is 0 Å². The van der Waals surface area contributed by atoms with E-state index >= 15 is 0 Å². The third-order valence-electron chi connectivity index (χ3n) is 6.70. The summed E-state index contributed by atoms with van der Waals surface area (Å²) in [5.74, 6) is 2.34. The second-order valence-electron chi connectivity index (χ2n) is 7.55. The van der Waals surface area contributed by atoms with Gasteiger partial charge >= 0.3 is 0 Å². The molecule has 21 heavy (non-hydrogen) atoms. The molecule has 2 fully saturated rings. The molecule has 0 aromatic heterocycles. The highest BCUT2D eigenvalue weighted by molar-refractivity contribution is 9.10. The highest BCUT2D eigenvalue weighted by atomic mass is 76.9. The quantitative estimate of drug-likeness (QED) is 0.731. The monoisotopic (exact) mass is 348 g/mol. The smallest absolute Gasteiger partial charge is 0.116 e. The van der Waals surface area contributed by atoms with Crippen molar-refractivity contribution in [2.45, 2.75) is 57.5 Å². The van der Waals surface area contributed by atoms with Crippen molar-refractivity contribution < 1.29 is 10.2 Å². The second kappa shape index (κ2) is 4.73. The highest BCUT2D eigenvalue weighted by Crippen LogP contribution is 2.61. The second-order valence-corrected chi connectivity index (χ2v) is 8.41. The van der Waals surface area contributed by atoms with Gasteiger partial charge < -0.3 is 10.2 Å². The fraction of sp³-hybridized carbons (Fsp3) is 0.667. The summed E-state index contributed by atoms with van der Waals surface area (Å²) in [6.07, 6.45) is 6.63. The van der Waals surface area contributed by atoms with Crippen LogP contribution in [0.3, 0.4) is 0 Å². The Kier molecular flexibility index (Phi) is 3.17. The van der Waals surface area contributed by atoms with Gasteiger partial charge in [-0.05, 0) is 85.0 Å². The molecule has 0 spiro atoms. The Morgan fingerprint density at radius 3 is 2.81 bits per heavy atom. The molecule has 3 aliphatic carbocycles. The first-order valence-corrected chi connectivity index (χ1v) is 8.99. The van der Waals surface area contributed by atoms with Gasteiger partial charge in [-0.25, -0.2) is 0 Å². The molecule has 0 amide bonds. The summed E-state index contributed by atoms with van der Waals surface area (Å²) in [5, 5.41) is 20.2. The van der Waals surface area contributed by atoms with E-state index in [1.807, 2.05) is 12.1 Å². The van der Waals surface area contributed by atoms with Crippen LogP contribution in [0, 0.1) is 17.3 Å². The van der Waals surface area contributed by atoms with Gasteiger partial charge in [0.15, 0.2) is 0 Å². The van der Waals surface area contributed by atoms with Gasteiger partial charge in [0.05, 0.1) is 6.10 Å². The maximum Gasteiger partial charge on any atom is 0.116 e. The lowest BCUT2D eigenvalue weighted by Crippen LogP contribution is -2.44. The summed E-state index contributed by atoms with van der Waals surface area (Å²) in [7, 11) is 0. The lowest BCUT2D eigenvalue weighted by Gasteiger charge is -2.50. The van der Waals surface area contributed by atoms with E-state index in [9.17, 15) is 10.2 Å². The van der Waals surface area contributed by atoms with E-state index in [1.165, 1.54) is 30.4 Å². The van der Waals surface area contributed by atoms with Crippen LogP contribution in [0.5, 0.6) is 5.75 Å². The number of fused-ring (bicyclic) bond motifs is 5. The number of phenolic OH excluding ortho intramolecular Hbond substituents is 1. The molecule has 2 N–H and O–H groups in total. The zero-order chi connectivity index (χ0) is 14.8. The van der Waals surface area contributed by atoms with E-state index in [0.29, 0.717) is 23.5 Å². The molecule has 0 saturated heterocycles. The minimum Gasteiger partial charge on any atom is -0.508 e. The van der Waals surface area contributed by atoms with Crippen LogP contribution in [0.2, 0.25) is 0 Å². The molecule has 0 unspecified atom stereocenters. The molecule has 0 radical (unpaired) electrons. The largest absolute Gasteiger partial charge is 0.508 e. The minimum absolute atomic E-state index is 0.104. The van der Waals surface area contributed by atoms with E-state index in [0.717, 1.165) is 23.7 Å². The van der Waals surface area contributed by atoms with Gasteiger partial charge in [0.1, 0.15) is 5.75 Å². The van der Waals surface area contributed by atoms with E-state index in [-0.39, 0.29) is 11.5 Å². The van der Waals surface area contributed by atoms with Crippen molar-refractivity contribution >= 4 is 15.9 Å². The number of hydrogen-bond donors (Lipinski definition) is 2. The Bertz CT molecular complexity index is 585. The molecule has 3 aliphatic rings. The third-order valence-corrected chi connectivity index (χ3v) is 7.36. The molecule has 5 atom stereocenters. The van der Waals surface area contributed by atoms with Crippen molar-refractivity contribution in [1.29, 1.82) is 0 Å². The number of halogens is 1. The van der Waals surface area contributed by atoms with Crippen LogP contribution in [0.1, 0.15) is 56.1 Å². The molecular weight excluding hydrogens is 325 g/mol. The van der Waals surface area contributed by atoms with Crippen LogP contribution in [0.25, 0.3) is 0 Å². The maximum absolute atomic E-state index is 10.4. The van der Waals surface area contributed by atoms with Gasteiger partial charge in [-0.1, -0.05) is 22.9 Å². The van der Waals surface area contributed by atoms with Crippen molar-refractivity contribution in [1.82, 2.24) is 0 Å². The summed E-state index contributed by atoms with van der Waals surface area (Å²) < 4.78 is 1.08. The Morgan fingerprint density at radius 2 is 2.00 bits per heavy atom. The van der Waals surface area contributed by atoms with Crippen LogP contribution >= 0.6 is 15.9 Å². The van der Waals surface area contributed by atoms with E-state index in [2.05, 4.69) is 22.9 Å². The number of aliphatic hydroxyl groups is 1. The molecule has 114 valence electrons. The Morgan fingerprint density at radius 1 is 1.19 bits per heavy atom. The van der Waals surface area contributed by atoms with Gasteiger partial charge in [0, 0.05) is 4.47 Å². The molecule has 1 aromatic carbocycles. The maximum atomic E-state index is 10.4. The number of phenols is 1. The first-order valence-electron chi connectivity index (χ1n) is 8.20. The summed E-state index contributed by atoms with van der Waals surface area (Å²) in [6, 6.07) is 3.80. The summed E-state index contributed by atoms with van der Waals surface area (Å²) >= 11 is 3.68. The number of aromatic hydroxyl groups is 1. The summed E-state index contributed by atoms with van der Waals surface area (Å²) in [5.41, 5.74) is 2.90. The van der Waals surface area contributed by atoms with E-state index in [1.54, 1.807) is 0 Å². The van der Waals surface area contributed by atoms with E-state index in [4.69, 9.17) is 0 Å². The zero-order valence-corrected chi connectivity index (χ0v) is 14.1. The average Bonchev–Trinajstić information content (AvgIpc) is 2.74. The van der Waals surface area contributed by atoms with Gasteiger partial charge in [-0.15, -0.1) is 0 Å². The molecule has 0 bridgehead atoms. The fourth-order valence-corrected chi connectivity index (χ4v) is 6.41. The van der Waals surface area contributed by atoms with Gasteiger partial charge in [0.2, 0.25) is 0 Å². The van der Waals surface area contributed by atoms with Crippen LogP contribution in [-0.2, 0) is 6.42 Å². The molecule has 2 nitrogen and oxygen atoms in total. The molecular formula is C18H23BrO2. The normalized spacial score (nSPS) is 41.3. The number of hydrogen-bond acceptors (Lipinski definition) is 2. The molecule has 0 aliphatic heterocycles. The van der Waals surface area contributed by atoms with Crippen molar-refractivity contribution in [3.05, 3.63) is 27.7 Å². The molecule has 3 heteroatoms. The third kappa shape index (κ3) is 1.93. The first-order chi connectivity index (χ1) is 10.0. The molecule has 0 heterocycles. The standard InChI is InChI=1S/C18H23BrO2/c1-18-7-6-13-12(14(18)4-5-16(18)21)3-2-10-8-11(20)9-15(19)17(10)13/h8-9,12-14,16,20-21H,2-7H2,1H3/t12-,13+,14+,16+,18+/m1/s1/i19-3. The van der Waals surface area contributed by atoms with Crippen molar-refractivity contribution in [3.8, 4) is 5.75 Å². The van der Waals surface area contributed by atoms with Gasteiger partial charge in [-0.3, -0.25) is 0 Å². The minimum atomic E-state index is -0.104. The number of aryl methyl sites for hydroxylation is 1. The first kappa shape index (κ1) is 14.1. The zero-order valence-electron chi connectivity index (χ0n) is 12.5. The Labute approximate surface area is 134 Å². The molecule has 4 rings (SSSR count). The number of rotatable bonds is 0. The number of aliphatic hydroxyl groups excluding tert-OH is 1. The van der Waals surface area contributed by atoms with Crippen molar-refractivity contribution in [3.63, 3.8) is 0 Å². The van der Waals surface area contributed by atoms with Gasteiger partial charge in [0.25, 0.3) is 0 Å². The summed E-state index contributed by atoms with van der Waals surface area (Å²) in [4.78, 5) is 0. The lowest BCUT2D eigenvalue weighted by molar-refractivity contribution is -0.0227. The SMILES string of the molecule is C[C@]12CC[C@@H]3c4c([77Br])cc(O)cc4CC[C@H]3[C@@H]1CC[C@@H]2O. The predicted octanol–water partition coefficient (Wildman–Crippen LogP) is 4.37. The van der Waals surface area contributed by atoms with Crippen LogP contribution in [0.4, 0.5) is 0 Å². The van der Waals surface area contributed by atoms with Crippen LogP contribution < -0.4 is 0 Å². The Hall–Kier alpha value is -0.540. The molecule has 1 aromatic rings. The Balaban J connectivity index is 1.75. The van der Waals surface area contributed by atoms with Crippen LogP contribution in [-0.4, -0.2) is 16.3 Å². The highest BCUT2D eigenvalue weighted by Gasteiger charge is 2.54. The lowest BCUT2D eigenvalue weighted by atomic mass is 9.55. The van der Waals surface area contributed by atoms with Crippen LogP contribution in [0.15, 0.2) is 16.6 Å². The fourth-order valence-electron chi connectivity index (χ4n) is 5.62. The number of benzene rings is 1. The summed E-state index contributed by atoms with van der Waals surface area (Å²) in [6.45, 7) is 2.31. The van der Waals surface area contributed by atoms with E-state index < -0.39 is 0 Å². The average molecular weight is 348 g/mol.